The minimum absolute atomic E-state index is 0.00334. The van der Waals surface area contributed by atoms with Gasteiger partial charge in [-0.15, -0.1) is 0 Å². The lowest BCUT2D eigenvalue weighted by Crippen LogP contribution is -2.42. The maximum Gasteiger partial charge on any atom is 0.417 e. The summed E-state index contributed by atoms with van der Waals surface area (Å²) < 4.78 is 40.0. The lowest BCUT2D eigenvalue weighted by molar-refractivity contribution is -0.139. The second-order valence-electron chi connectivity index (χ2n) is 9.14. The van der Waals surface area contributed by atoms with Gasteiger partial charge in [0.1, 0.15) is 6.04 Å². The van der Waals surface area contributed by atoms with Gasteiger partial charge in [0.15, 0.2) is 0 Å². The Morgan fingerprint density at radius 1 is 0.950 bits per heavy atom. The highest BCUT2D eigenvalue weighted by Gasteiger charge is 2.36. The van der Waals surface area contributed by atoms with E-state index in [-0.39, 0.29) is 40.7 Å². The number of rotatable bonds is 7. The summed E-state index contributed by atoms with van der Waals surface area (Å²) in [5.41, 5.74) is 1.05. The first-order valence-corrected chi connectivity index (χ1v) is 12.9. The summed E-state index contributed by atoms with van der Waals surface area (Å²) in [6.45, 7) is 0.399. The molecule has 1 aliphatic heterocycles. The van der Waals surface area contributed by atoms with E-state index >= 15 is 0 Å². The SMILES string of the molecule is O=C(N[C@@H](Cc1ccc(C2=CCN(C(=O)c3ccccc3C(F)(F)F)CC2)cc1)C(=O)O)c1c(Cl)cccc1Cl. The molecule has 1 aliphatic rings. The number of nitrogens with zero attached hydrogens (tertiary/aromatic N) is 1. The van der Waals surface area contributed by atoms with E-state index < -0.39 is 35.6 Å². The van der Waals surface area contributed by atoms with Gasteiger partial charge in [-0.05, 0) is 47.4 Å². The molecule has 3 aromatic carbocycles. The van der Waals surface area contributed by atoms with Crippen LogP contribution in [0.1, 0.15) is 43.8 Å². The highest BCUT2D eigenvalue weighted by molar-refractivity contribution is 6.39. The van der Waals surface area contributed by atoms with E-state index in [0.717, 1.165) is 17.2 Å². The van der Waals surface area contributed by atoms with Gasteiger partial charge >= 0.3 is 12.1 Å². The molecule has 0 aliphatic carbocycles. The van der Waals surface area contributed by atoms with E-state index in [9.17, 15) is 32.7 Å². The number of amides is 2. The van der Waals surface area contributed by atoms with Gasteiger partial charge in [-0.3, -0.25) is 9.59 Å². The van der Waals surface area contributed by atoms with Crippen molar-refractivity contribution in [3.63, 3.8) is 0 Å². The first kappa shape index (κ1) is 29.2. The molecule has 1 atom stereocenters. The van der Waals surface area contributed by atoms with Crippen molar-refractivity contribution >= 4 is 46.6 Å². The first-order chi connectivity index (χ1) is 19.0. The molecule has 1 heterocycles. The van der Waals surface area contributed by atoms with Crippen LogP contribution in [0.2, 0.25) is 10.0 Å². The molecule has 0 saturated carbocycles. The molecule has 2 N–H and O–H groups in total. The number of alkyl halides is 3. The molecule has 0 fully saturated rings. The zero-order chi connectivity index (χ0) is 29.0. The molecule has 4 rings (SSSR count). The molecular formula is C29H23Cl2F3N2O4. The van der Waals surface area contributed by atoms with E-state index in [2.05, 4.69) is 5.32 Å². The number of hydrogen-bond acceptors (Lipinski definition) is 3. The monoisotopic (exact) mass is 590 g/mol. The van der Waals surface area contributed by atoms with E-state index in [1.807, 2.05) is 0 Å². The molecule has 0 unspecified atom stereocenters. The Labute approximate surface area is 238 Å². The summed E-state index contributed by atoms with van der Waals surface area (Å²) in [5, 5.41) is 12.3. The van der Waals surface area contributed by atoms with Crippen LogP contribution in [0.15, 0.2) is 72.8 Å². The predicted octanol–water partition coefficient (Wildman–Crippen LogP) is 6.37. The van der Waals surface area contributed by atoms with Crippen LogP contribution in [0.5, 0.6) is 0 Å². The average Bonchev–Trinajstić information content (AvgIpc) is 2.92. The van der Waals surface area contributed by atoms with Crippen molar-refractivity contribution in [1.82, 2.24) is 10.2 Å². The van der Waals surface area contributed by atoms with Crippen LogP contribution < -0.4 is 5.32 Å². The average molecular weight is 591 g/mol. The molecule has 0 bridgehead atoms. The molecule has 3 aromatic rings. The van der Waals surface area contributed by atoms with E-state index in [4.69, 9.17) is 23.2 Å². The van der Waals surface area contributed by atoms with Crippen molar-refractivity contribution < 1.29 is 32.7 Å². The second-order valence-corrected chi connectivity index (χ2v) is 9.95. The van der Waals surface area contributed by atoms with Gasteiger partial charge in [0.2, 0.25) is 0 Å². The molecule has 6 nitrogen and oxygen atoms in total. The third kappa shape index (κ3) is 6.66. The molecular weight excluding hydrogens is 568 g/mol. The largest absolute Gasteiger partial charge is 0.480 e. The fourth-order valence-corrected chi connectivity index (χ4v) is 5.01. The van der Waals surface area contributed by atoms with Crippen molar-refractivity contribution in [3.8, 4) is 0 Å². The summed E-state index contributed by atoms with van der Waals surface area (Å²) in [6.07, 6.45) is -2.40. The minimum Gasteiger partial charge on any atom is -0.480 e. The van der Waals surface area contributed by atoms with Crippen molar-refractivity contribution in [2.45, 2.75) is 25.1 Å². The third-order valence-corrected chi connectivity index (χ3v) is 7.15. The van der Waals surface area contributed by atoms with E-state index in [1.165, 1.54) is 35.2 Å². The summed E-state index contributed by atoms with van der Waals surface area (Å²) in [5.74, 6) is -2.62. The minimum atomic E-state index is -4.63. The van der Waals surface area contributed by atoms with E-state index in [1.54, 1.807) is 36.4 Å². The van der Waals surface area contributed by atoms with Gasteiger partial charge in [-0.2, -0.15) is 13.2 Å². The van der Waals surface area contributed by atoms with Crippen LogP contribution in [-0.4, -0.2) is 46.9 Å². The fourth-order valence-electron chi connectivity index (χ4n) is 4.44. The molecule has 0 saturated heterocycles. The summed E-state index contributed by atoms with van der Waals surface area (Å²) in [6, 6.07) is 15.1. The number of carboxylic acid groups (broad SMARTS) is 1. The molecule has 0 radical (unpaired) electrons. The lowest BCUT2D eigenvalue weighted by atomic mass is 9.96. The van der Waals surface area contributed by atoms with Crippen LogP contribution in [0, 0.1) is 0 Å². The molecule has 208 valence electrons. The highest BCUT2D eigenvalue weighted by Crippen LogP contribution is 2.33. The van der Waals surface area contributed by atoms with Crippen LogP contribution in [0.4, 0.5) is 13.2 Å². The van der Waals surface area contributed by atoms with Gasteiger partial charge in [0.25, 0.3) is 11.8 Å². The number of aliphatic carboxylic acids is 1. The normalized spacial score (nSPS) is 14.3. The summed E-state index contributed by atoms with van der Waals surface area (Å²) >= 11 is 12.1. The Hall–Kier alpha value is -3.82. The van der Waals surface area contributed by atoms with Crippen LogP contribution >= 0.6 is 23.2 Å². The molecule has 0 aromatic heterocycles. The van der Waals surface area contributed by atoms with Crippen LogP contribution in [-0.2, 0) is 17.4 Å². The molecule has 40 heavy (non-hydrogen) atoms. The Bertz CT molecular complexity index is 1450. The second kappa shape index (κ2) is 12.1. The standard InChI is InChI=1S/C29H23Cl2F3N2O4/c30-22-6-3-7-23(31)25(22)26(37)35-24(28(39)40)16-17-8-10-18(11-9-17)19-12-14-36(15-13-19)27(38)20-4-1-2-5-21(20)29(32,33)34/h1-12,24H,13-16H2,(H,35,37)(H,39,40)/t24-/m0/s1. The Morgan fingerprint density at radius 3 is 2.17 bits per heavy atom. The molecule has 0 spiro atoms. The van der Waals surface area contributed by atoms with E-state index in [0.29, 0.717) is 12.0 Å². The van der Waals surface area contributed by atoms with Gasteiger partial charge in [-0.25, -0.2) is 4.79 Å². The Kier molecular flexibility index (Phi) is 8.85. The maximum absolute atomic E-state index is 13.3. The summed E-state index contributed by atoms with van der Waals surface area (Å²) in [7, 11) is 0. The number of nitrogens with one attached hydrogen (secondary N) is 1. The molecule has 11 heteroatoms. The highest BCUT2D eigenvalue weighted by atomic mass is 35.5. The van der Waals surface area contributed by atoms with Crippen molar-refractivity contribution in [1.29, 1.82) is 0 Å². The van der Waals surface area contributed by atoms with Crippen molar-refractivity contribution in [2.75, 3.05) is 13.1 Å². The number of carboxylic acids is 1. The fraction of sp³-hybridized carbons (Fsp3) is 0.207. The van der Waals surface area contributed by atoms with Crippen LogP contribution in [0.25, 0.3) is 5.57 Å². The predicted molar refractivity (Wildman–Crippen MR) is 145 cm³/mol. The quantitative estimate of drug-likeness (QED) is 0.335. The first-order valence-electron chi connectivity index (χ1n) is 12.2. The van der Waals surface area contributed by atoms with Gasteiger partial charge in [0.05, 0.1) is 26.7 Å². The van der Waals surface area contributed by atoms with Crippen molar-refractivity contribution in [2.24, 2.45) is 0 Å². The van der Waals surface area contributed by atoms with Gasteiger partial charge in [0, 0.05) is 19.5 Å². The number of benzene rings is 3. The Balaban J connectivity index is 1.42. The zero-order valence-corrected chi connectivity index (χ0v) is 22.4. The topological polar surface area (TPSA) is 86.7 Å². The lowest BCUT2D eigenvalue weighted by Gasteiger charge is -2.28. The number of halogens is 5. The molecule has 2 amide bonds. The number of hydrogen-bond donors (Lipinski definition) is 2. The Morgan fingerprint density at radius 2 is 1.60 bits per heavy atom. The third-order valence-electron chi connectivity index (χ3n) is 6.52. The smallest absolute Gasteiger partial charge is 0.417 e. The van der Waals surface area contributed by atoms with Crippen LogP contribution in [0.3, 0.4) is 0 Å². The number of carbonyl (C=O) groups is 3. The van der Waals surface area contributed by atoms with Crippen molar-refractivity contribution in [3.05, 3.63) is 111 Å². The maximum atomic E-state index is 13.3. The summed E-state index contributed by atoms with van der Waals surface area (Å²) in [4.78, 5) is 38.7. The zero-order valence-electron chi connectivity index (χ0n) is 20.8. The number of carbonyl (C=O) groups excluding carboxylic acids is 2. The van der Waals surface area contributed by atoms with Gasteiger partial charge < -0.3 is 15.3 Å². The van der Waals surface area contributed by atoms with Gasteiger partial charge in [-0.1, -0.05) is 71.7 Å².